The van der Waals surface area contributed by atoms with E-state index in [0.29, 0.717) is 23.4 Å². The maximum atomic E-state index is 11.9. The molecule has 128 valence electrons. The van der Waals surface area contributed by atoms with Crippen molar-refractivity contribution in [2.24, 2.45) is 5.14 Å². The summed E-state index contributed by atoms with van der Waals surface area (Å²) in [5.41, 5.74) is 2.44. The zero-order chi connectivity index (χ0) is 17.6. The van der Waals surface area contributed by atoms with Crippen LogP contribution in [0.1, 0.15) is 17.5 Å². The molecule has 24 heavy (non-hydrogen) atoms. The Bertz CT molecular complexity index is 786. The predicted octanol–water partition coefficient (Wildman–Crippen LogP) is 2.90. The van der Waals surface area contributed by atoms with E-state index in [2.05, 4.69) is 5.32 Å². The molecule has 0 unspecified atom stereocenters. The van der Waals surface area contributed by atoms with Crippen molar-refractivity contribution in [3.05, 3.63) is 59.7 Å². The summed E-state index contributed by atoms with van der Waals surface area (Å²) >= 11 is 1.64. The van der Waals surface area contributed by atoms with Gasteiger partial charge in [0, 0.05) is 22.8 Å². The van der Waals surface area contributed by atoms with Crippen LogP contribution >= 0.6 is 11.8 Å². The number of anilines is 1. The topological polar surface area (TPSA) is 89.3 Å². The minimum absolute atomic E-state index is 0.0752. The van der Waals surface area contributed by atoms with Crippen LogP contribution in [0.5, 0.6) is 0 Å². The first kappa shape index (κ1) is 18.5. The van der Waals surface area contributed by atoms with Crippen molar-refractivity contribution in [2.45, 2.75) is 24.0 Å². The quantitative estimate of drug-likeness (QED) is 0.739. The van der Waals surface area contributed by atoms with E-state index in [1.807, 2.05) is 31.2 Å². The van der Waals surface area contributed by atoms with Crippen molar-refractivity contribution in [1.29, 1.82) is 0 Å². The summed E-state index contributed by atoms with van der Waals surface area (Å²) in [4.78, 5) is 13.1. The van der Waals surface area contributed by atoms with Gasteiger partial charge in [0.15, 0.2) is 0 Å². The smallest absolute Gasteiger partial charge is 0.225 e. The molecule has 0 bridgehead atoms. The van der Waals surface area contributed by atoms with Crippen molar-refractivity contribution in [3.63, 3.8) is 0 Å². The number of primary sulfonamides is 1. The van der Waals surface area contributed by atoms with Gasteiger partial charge in [-0.2, -0.15) is 0 Å². The van der Waals surface area contributed by atoms with Gasteiger partial charge in [0.2, 0.25) is 15.9 Å². The Labute approximate surface area is 146 Å². The summed E-state index contributed by atoms with van der Waals surface area (Å²) in [5, 5.41) is 7.79. The van der Waals surface area contributed by atoms with E-state index in [9.17, 15) is 13.2 Å². The summed E-state index contributed by atoms with van der Waals surface area (Å²) in [5.74, 6) is 0.404. The van der Waals surface area contributed by atoms with Gasteiger partial charge < -0.3 is 5.32 Å². The first-order valence-electron chi connectivity index (χ1n) is 7.40. The molecular formula is C17H20N2O3S2. The van der Waals surface area contributed by atoms with Crippen molar-refractivity contribution >= 4 is 33.4 Å². The molecule has 0 fully saturated rings. The Morgan fingerprint density at radius 3 is 2.29 bits per heavy atom. The average molecular weight is 364 g/mol. The van der Waals surface area contributed by atoms with Crippen LogP contribution in [-0.2, 0) is 20.6 Å². The molecule has 0 aromatic heterocycles. The van der Waals surface area contributed by atoms with E-state index in [0.717, 1.165) is 4.90 Å². The van der Waals surface area contributed by atoms with Crippen molar-refractivity contribution in [3.8, 4) is 0 Å². The maximum absolute atomic E-state index is 11.9. The third kappa shape index (κ3) is 6.74. The van der Waals surface area contributed by atoms with Crippen LogP contribution in [0.2, 0.25) is 0 Å². The lowest BCUT2D eigenvalue weighted by molar-refractivity contribution is -0.115. The van der Waals surface area contributed by atoms with E-state index in [4.69, 9.17) is 5.14 Å². The second-order valence-corrected chi connectivity index (χ2v) is 8.25. The van der Waals surface area contributed by atoms with Crippen molar-refractivity contribution < 1.29 is 13.2 Å². The number of hydrogen-bond donors (Lipinski definition) is 2. The van der Waals surface area contributed by atoms with Gasteiger partial charge in [-0.1, -0.05) is 29.8 Å². The molecule has 0 spiro atoms. The standard InChI is InChI=1S/C17H20N2O3S2/c1-13-2-8-16(9-3-13)23-11-10-17(20)19-15-6-4-14(5-7-15)12-24(18,21)22/h2-9H,10-12H2,1H3,(H,19,20)(H2,18,21,22). The molecule has 2 aromatic carbocycles. The normalized spacial score (nSPS) is 11.2. The first-order valence-corrected chi connectivity index (χ1v) is 10.1. The molecule has 2 rings (SSSR count). The fraction of sp³-hybridized carbons (Fsp3) is 0.235. The van der Waals surface area contributed by atoms with Gasteiger partial charge in [-0.05, 0) is 36.8 Å². The van der Waals surface area contributed by atoms with E-state index in [1.54, 1.807) is 36.0 Å². The minimum atomic E-state index is -3.54. The monoisotopic (exact) mass is 364 g/mol. The lowest BCUT2D eigenvalue weighted by Crippen LogP contribution is -2.15. The van der Waals surface area contributed by atoms with Gasteiger partial charge in [0.25, 0.3) is 0 Å². The highest BCUT2D eigenvalue weighted by atomic mass is 32.2. The highest BCUT2D eigenvalue weighted by molar-refractivity contribution is 7.99. The predicted molar refractivity (Wildman–Crippen MR) is 98.4 cm³/mol. The Kier molecular flexibility index (Phi) is 6.42. The first-order chi connectivity index (χ1) is 11.3. The Morgan fingerprint density at radius 2 is 1.71 bits per heavy atom. The van der Waals surface area contributed by atoms with Gasteiger partial charge in [-0.15, -0.1) is 11.8 Å². The number of amides is 1. The van der Waals surface area contributed by atoms with E-state index >= 15 is 0 Å². The lowest BCUT2D eigenvalue weighted by Gasteiger charge is -2.06. The minimum Gasteiger partial charge on any atom is -0.326 e. The van der Waals surface area contributed by atoms with Crippen LogP contribution in [-0.4, -0.2) is 20.1 Å². The molecule has 0 radical (unpaired) electrons. The number of nitrogens with one attached hydrogen (secondary N) is 1. The second-order valence-electron chi connectivity index (χ2n) is 5.46. The largest absolute Gasteiger partial charge is 0.326 e. The number of aryl methyl sites for hydroxylation is 1. The summed E-state index contributed by atoms with van der Waals surface area (Å²) in [6.45, 7) is 2.04. The van der Waals surface area contributed by atoms with Crippen LogP contribution < -0.4 is 10.5 Å². The van der Waals surface area contributed by atoms with Crippen LogP contribution in [0.25, 0.3) is 0 Å². The third-order valence-corrected chi connectivity index (χ3v) is 4.97. The number of carbonyl (C=O) groups excluding carboxylic acids is 1. The van der Waals surface area contributed by atoms with Gasteiger partial charge >= 0.3 is 0 Å². The highest BCUT2D eigenvalue weighted by Crippen LogP contribution is 2.19. The summed E-state index contributed by atoms with van der Waals surface area (Å²) in [6, 6.07) is 14.8. The number of carbonyl (C=O) groups is 1. The molecule has 3 N–H and O–H groups in total. The molecule has 0 aliphatic carbocycles. The third-order valence-electron chi connectivity index (χ3n) is 3.22. The number of nitrogens with two attached hydrogens (primary N) is 1. The van der Waals surface area contributed by atoms with Gasteiger partial charge in [0.1, 0.15) is 0 Å². The summed E-state index contributed by atoms with van der Waals surface area (Å²) < 4.78 is 22.0. The zero-order valence-electron chi connectivity index (χ0n) is 13.4. The van der Waals surface area contributed by atoms with Gasteiger partial charge in [-0.3, -0.25) is 4.79 Å². The molecule has 0 saturated heterocycles. The van der Waals surface area contributed by atoms with Crippen molar-refractivity contribution in [2.75, 3.05) is 11.1 Å². The molecule has 0 aliphatic heterocycles. The second kappa shape index (κ2) is 8.32. The number of thioether (sulfide) groups is 1. The maximum Gasteiger partial charge on any atom is 0.225 e. The molecular weight excluding hydrogens is 344 g/mol. The average Bonchev–Trinajstić information content (AvgIpc) is 2.50. The lowest BCUT2D eigenvalue weighted by atomic mass is 10.2. The summed E-state index contributed by atoms with van der Waals surface area (Å²) in [7, 11) is -3.54. The molecule has 2 aromatic rings. The van der Waals surface area contributed by atoms with Crippen LogP contribution in [0, 0.1) is 6.92 Å². The van der Waals surface area contributed by atoms with Crippen LogP contribution in [0.4, 0.5) is 5.69 Å². The molecule has 1 amide bonds. The number of benzene rings is 2. The molecule has 0 saturated carbocycles. The summed E-state index contributed by atoms with van der Waals surface area (Å²) in [6.07, 6.45) is 0.400. The van der Waals surface area contributed by atoms with E-state index in [1.165, 1.54) is 5.56 Å². The van der Waals surface area contributed by atoms with E-state index in [-0.39, 0.29) is 11.7 Å². The van der Waals surface area contributed by atoms with Gasteiger partial charge in [-0.25, -0.2) is 13.6 Å². The molecule has 0 heterocycles. The highest BCUT2D eigenvalue weighted by Gasteiger charge is 2.06. The van der Waals surface area contributed by atoms with Gasteiger partial charge in [0.05, 0.1) is 5.75 Å². The Morgan fingerprint density at radius 1 is 1.08 bits per heavy atom. The van der Waals surface area contributed by atoms with Crippen molar-refractivity contribution in [1.82, 2.24) is 0 Å². The molecule has 0 aliphatic rings. The SMILES string of the molecule is Cc1ccc(SCCC(=O)Nc2ccc(CS(N)(=O)=O)cc2)cc1. The van der Waals surface area contributed by atoms with Crippen LogP contribution in [0.3, 0.4) is 0 Å². The number of rotatable bonds is 7. The molecule has 0 atom stereocenters. The molecule has 5 nitrogen and oxygen atoms in total. The Balaban J connectivity index is 1.78. The zero-order valence-corrected chi connectivity index (χ0v) is 15.0. The fourth-order valence-electron chi connectivity index (χ4n) is 2.04. The number of sulfonamides is 1. The van der Waals surface area contributed by atoms with E-state index < -0.39 is 10.0 Å². The fourth-order valence-corrected chi connectivity index (χ4v) is 3.54. The Hall–Kier alpha value is -1.83. The van der Waals surface area contributed by atoms with Crippen LogP contribution in [0.15, 0.2) is 53.4 Å². The molecule has 7 heteroatoms. The number of hydrogen-bond acceptors (Lipinski definition) is 4.